The Hall–Kier alpha value is -0.120. The molecule has 1 aliphatic carbocycles. The molecular formula is C17H36N2O. The summed E-state index contributed by atoms with van der Waals surface area (Å²) >= 11 is 0. The molecule has 0 radical (unpaired) electrons. The molecule has 0 heterocycles. The van der Waals surface area contributed by atoms with Crippen molar-refractivity contribution >= 4 is 0 Å². The standard InChI is InChI=1S/C17H36N2O/c1-7-19(12-17(5,6)20)11-13-10-14(16(2,3)4)8-9-15(13)18/h13-15,20H,7-12,18H2,1-6H3. The number of hydrogen-bond acceptors (Lipinski definition) is 3. The van der Waals surface area contributed by atoms with Gasteiger partial charge in [-0.05, 0) is 56.9 Å². The highest BCUT2D eigenvalue weighted by Crippen LogP contribution is 2.40. The van der Waals surface area contributed by atoms with Crippen molar-refractivity contribution in [2.75, 3.05) is 19.6 Å². The number of likely N-dealkylation sites (N-methyl/N-ethyl adjacent to an activating group) is 1. The second-order valence-corrected chi connectivity index (χ2v) is 8.44. The Morgan fingerprint density at radius 1 is 1.15 bits per heavy atom. The lowest BCUT2D eigenvalue weighted by Gasteiger charge is -2.42. The molecule has 0 aliphatic heterocycles. The Morgan fingerprint density at radius 3 is 2.20 bits per heavy atom. The van der Waals surface area contributed by atoms with Crippen LogP contribution < -0.4 is 5.73 Å². The quantitative estimate of drug-likeness (QED) is 0.816. The van der Waals surface area contributed by atoms with Crippen LogP contribution in [0.5, 0.6) is 0 Å². The van der Waals surface area contributed by atoms with Gasteiger partial charge in [-0.15, -0.1) is 0 Å². The SMILES string of the molecule is CCN(CC1CC(C(C)(C)C)CCC1N)CC(C)(C)O. The van der Waals surface area contributed by atoms with Crippen molar-refractivity contribution in [2.24, 2.45) is 23.0 Å². The zero-order chi connectivity index (χ0) is 15.6. The van der Waals surface area contributed by atoms with E-state index in [9.17, 15) is 5.11 Å². The van der Waals surface area contributed by atoms with Crippen LogP contribution in [0.3, 0.4) is 0 Å². The summed E-state index contributed by atoms with van der Waals surface area (Å²) in [6, 6.07) is 0.324. The highest BCUT2D eigenvalue weighted by atomic mass is 16.3. The van der Waals surface area contributed by atoms with E-state index < -0.39 is 5.60 Å². The van der Waals surface area contributed by atoms with Gasteiger partial charge in [0, 0.05) is 19.1 Å². The maximum atomic E-state index is 10.0. The Labute approximate surface area is 125 Å². The van der Waals surface area contributed by atoms with Crippen molar-refractivity contribution in [3.05, 3.63) is 0 Å². The van der Waals surface area contributed by atoms with Crippen LogP contribution in [0.4, 0.5) is 0 Å². The molecule has 0 aromatic heterocycles. The molecule has 1 rings (SSSR count). The van der Waals surface area contributed by atoms with Gasteiger partial charge in [0.25, 0.3) is 0 Å². The van der Waals surface area contributed by atoms with Gasteiger partial charge in [-0.2, -0.15) is 0 Å². The third kappa shape index (κ3) is 5.71. The minimum absolute atomic E-state index is 0.324. The molecule has 3 atom stereocenters. The van der Waals surface area contributed by atoms with Crippen molar-refractivity contribution in [3.8, 4) is 0 Å². The maximum absolute atomic E-state index is 10.0. The molecule has 1 aliphatic rings. The lowest BCUT2D eigenvalue weighted by molar-refractivity contribution is 0.0230. The first-order chi connectivity index (χ1) is 9.03. The van der Waals surface area contributed by atoms with E-state index in [1.54, 1.807) is 0 Å². The van der Waals surface area contributed by atoms with Gasteiger partial charge in [-0.3, -0.25) is 0 Å². The topological polar surface area (TPSA) is 49.5 Å². The average molecular weight is 284 g/mol. The van der Waals surface area contributed by atoms with E-state index in [4.69, 9.17) is 5.73 Å². The summed E-state index contributed by atoms with van der Waals surface area (Å²) in [5.74, 6) is 1.34. The van der Waals surface area contributed by atoms with E-state index in [1.807, 2.05) is 13.8 Å². The summed E-state index contributed by atoms with van der Waals surface area (Å²) in [5, 5.41) is 10.0. The van der Waals surface area contributed by atoms with E-state index in [0.29, 0.717) is 17.4 Å². The summed E-state index contributed by atoms with van der Waals surface area (Å²) < 4.78 is 0. The van der Waals surface area contributed by atoms with E-state index >= 15 is 0 Å². The normalized spacial score (nSPS) is 28.9. The van der Waals surface area contributed by atoms with Crippen LogP contribution in [0, 0.1) is 17.3 Å². The van der Waals surface area contributed by atoms with Crippen molar-refractivity contribution in [2.45, 2.75) is 72.4 Å². The van der Waals surface area contributed by atoms with E-state index in [-0.39, 0.29) is 0 Å². The maximum Gasteiger partial charge on any atom is 0.0718 e. The third-order valence-electron chi connectivity index (χ3n) is 4.82. The molecule has 1 fully saturated rings. The van der Waals surface area contributed by atoms with E-state index in [0.717, 1.165) is 32.0 Å². The minimum Gasteiger partial charge on any atom is -0.389 e. The summed E-state index contributed by atoms with van der Waals surface area (Å²) in [5.41, 5.74) is 6.12. The molecule has 1 saturated carbocycles. The molecule has 3 N–H and O–H groups in total. The van der Waals surface area contributed by atoms with Crippen LogP contribution in [0.25, 0.3) is 0 Å². The zero-order valence-corrected chi connectivity index (χ0v) is 14.4. The fourth-order valence-corrected chi connectivity index (χ4v) is 3.47. The molecule has 3 heteroatoms. The minimum atomic E-state index is -0.627. The van der Waals surface area contributed by atoms with Gasteiger partial charge < -0.3 is 15.7 Å². The number of aliphatic hydroxyl groups is 1. The summed E-state index contributed by atoms with van der Waals surface area (Å²) in [4.78, 5) is 2.36. The lowest BCUT2D eigenvalue weighted by Crippen LogP contribution is -2.47. The number of nitrogens with zero attached hydrogens (tertiary/aromatic N) is 1. The molecule has 120 valence electrons. The summed E-state index contributed by atoms with van der Waals surface area (Å²) in [6.45, 7) is 15.7. The molecule has 0 aromatic carbocycles. The Bertz CT molecular complexity index is 290. The van der Waals surface area contributed by atoms with E-state index in [2.05, 4.69) is 32.6 Å². The first-order valence-corrected chi connectivity index (χ1v) is 8.23. The van der Waals surface area contributed by atoms with Gasteiger partial charge in [-0.1, -0.05) is 27.7 Å². The van der Waals surface area contributed by atoms with Gasteiger partial charge >= 0.3 is 0 Å². The third-order valence-corrected chi connectivity index (χ3v) is 4.82. The molecule has 0 amide bonds. The Balaban J connectivity index is 2.63. The molecule has 20 heavy (non-hydrogen) atoms. The van der Waals surface area contributed by atoms with Gasteiger partial charge in [0.2, 0.25) is 0 Å². The van der Waals surface area contributed by atoms with Crippen LogP contribution in [-0.2, 0) is 0 Å². The molecule has 3 nitrogen and oxygen atoms in total. The smallest absolute Gasteiger partial charge is 0.0718 e. The Kier molecular flexibility index (Phi) is 6.06. The first-order valence-electron chi connectivity index (χ1n) is 8.23. The predicted octanol–water partition coefficient (Wildman–Crippen LogP) is 2.87. The number of hydrogen-bond donors (Lipinski definition) is 2. The highest BCUT2D eigenvalue weighted by molar-refractivity contribution is 4.89. The second kappa shape index (κ2) is 6.76. The molecule has 0 bridgehead atoms. The number of rotatable bonds is 5. The second-order valence-electron chi connectivity index (χ2n) is 8.44. The molecule has 3 unspecified atom stereocenters. The van der Waals surface area contributed by atoms with Crippen molar-refractivity contribution in [3.63, 3.8) is 0 Å². The molecular weight excluding hydrogens is 248 g/mol. The molecule has 0 spiro atoms. The fraction of sp³-hybridized carbons (Fsp3) is 1.00. The van der Waals surface area contributed by atoms with E-state index in [1.165, 1.54) is 12.8 Å². The first kappa shape index (κ1) is 17.9. The van der Waals surface area contributed by atoms with Crippen molar-refractivity contribution in [1.82, 2.24) is 4.90 Å². The summed E-state index contributed by atoms with van der Waals surface area (Å²) in [6.07, 6.45) is 3.64. The monoisotopic (exact) mass is 284 g/mol. The van der Waals surface area contributed by atoms with Gasteiger partial charge in [0.1, 0.15) is 0 Å². The summed E-state index contributed by atoms with van der Waals surface area (Å²) in [7, 11) is 0. The van der Waals surface area contributed by atoms with Crippen LogP contribution in [0.2, 0.25) is 0 Å². The predicted molar refractivity (Wildman–Crippen MR) is 86.7 cm³/mol. The Morgan fingerprint density at radius 2 is 1.75 bits per heavy atom. The zero-order valence-electron chi connectivity index (χ0n) is 14.4. The molecule has 0 aromatic rings. The van der Waals surface area contributed by atoms with Crippen LogP contribution in [-0.4, -0.2) is 41.3 Å². The largest absolute Gasteiger partial charge is 0.389 e. The van der Waals surface area contributed by atoms with Crippen LogP contribution in [0.1, 0.15) is 60.8 Å². The van der Waals surface area contributed by atoms with Crippen molar-refractivity contribution < 1.29 is 5.11 Å². The lowest BCUT2D eigenvalue weighted by atomic mass is 9.67. The van der Waals surface area contributed by atoms with Crippen LogP contribution in [0.15, 0.2) is 0 Å². The highest BCUT2D eigenvalue weighted by Gasteiger charge is 2.35. The number of nitrogens with two attached hydrogens (primary N) is 1. The van der Waals surface area contributed by atoms with Gasteiger partial charge in [-0.25, -0.2) is 0 Å². The van der Waals surface area contributed by atoms with Gasteiger partial charge in [0.15, 0.2) is 0 Å². The molecule has 0 saturated heterocycles. The average Bonchev–Trinajstić information content (AvgIpc) is 2.27. The van der Waals surface area contributed by atoms with Crippen molar-refractivity contribution in [1.29, 1.82) is 0 Å². The van der Waals surface area contributed by atoms with Crippen LogP contribution >= 0.6 is 0 Å². The fourth-order valence-electron chi connectivity index (χ4n) is 3.47. The van der Waals surface area contributed by atoms with Gasteiger partial charge in [0.05, 0.1) is 5.60 Å².